The number of hydrogen-bond acceptors (Lipinski definition) is 2. The molecule has 1 aromatic heterocycles. The Balaban J connectivity index is 2.17. The first-order valence-electron chi connectivity index (χ1n) is 5.26. The number of H-pyrrole nitrogens is 1. The Kier molecular flexibility index (Phi) is 3.89. The van der Waals surface area contributed by atoms with Crippen LogP contribution >= 0.6 is 23.2 Å². The van der Waals surface area contributed by atoms with Crippen LogP contribution in [0.2, 0.25) is 10.0 Å². The number of rotatable bonds is 3. The Labute approximate surface area is 115 Å². The minimum absolute atomic E-state index is 0.195. The van der Waals surface area contributed by atoms with Gasteiger partial charge in [-0.1, -0.05) is 23.2 Å². The van der Waals surface area contributed by atoms with E-state index >= 15 is 0 Å². The van der Waals surface area contributed by atoms with Gasteiger partial charge in [-0.05, 0) is 18.2 Å². The van der Waals surface area contributed by atoms with Crippen molar-refractivity contribution in [1.82, 2.24) is 14.9 Å². The van der Waals surface area contributed by atoms with E-state index in [0.717, 1.165) is 0 Å². The molecule has 0 saturated heterocycles. The maximum absolute atomic E-state index is 12.2. The lowest BCUT2D eigenvalue weighted by molar-refractivity contribution is 0.0782. The van der Waals surface area contributed by atoms with Crippen molar-refractivity contribution in [3.63, 3.8) is 0 Å². The van der Waals surface area contributed by atoms with Gasteiger partial charge in [0.1, 0.15) is 5.82 Å². The third-order valence-electron chi connectivity index (χ3n) is 2.45. The van der Waals surface area contributed by atoms with Crippen LogP contribution in [-0.2, 0) is 6.54 Å². The van der Waals surface area contributed by atoms with Crippen molar-refractivity contribution in [3.8, 4) is 0 Å². The molecule has 0 fully saturated rings. The van der Waals surface area contributed by atoms with Crippen molar-refractivity contribution in [2.75, 3.05) is 7.05 Å². The van der Waals surface area contributed by atoms with Crippen LogP contribution in [0.1, 0.15) is 16.2 Å². The highest BCUT2D eigenvalue weighted by molar-refractivity contribution is 6.35. The molecule has 1 amide bonds. The first-order chi connectivity index (χ1) is 8.58. The van der Waals surface area contributed by atoms with Crippen molar-refractivity contribution in [2.45, 2.75) is 6.54 Å². The van der Waals surface area contributed by atoms with Crippen LogP contribution in [0.15, 0.2) is 30.6 Å². The van der Waals surface area contributed by atoms with E-state index in [1.807, 2.05) is 0 Å². The van der Waals surface area contributed by atoms with Crippen LogP contribution in [0.5, 0.6) is 0 Å². The zero-order valence-electron chi connectivity index (χ0n) is 9.65. The van der Waals surface area contributed by atoms with Crippen molar-refractivity contribution in [3.05, 3.63) is 52.0 Å². The summed E-state index contributed by atoms with van der Waals surface area (Å²) >= 11 is 11.8. The van der Waals surface area contributed by atoms with Gasteiger partial charge < -0.3 is 9.88 Å². The third kappa shape index (κ3) is 2.83. The molecule has 2 rings (SSSR count). The lowest BCUT2D eigenvalue weighted by atomic mass is 10.2. The van der Waals surface area contributed by atoms with Gasteiger partial charge in [0.05, 0.1) is 17.1 Å². The van der Waals surface area contributed by atoms with Crippen molar-refractivity contribution >= 4 is 29.1 Å². The lowest BCUT2D eigenvalue weighted by Crippen LogP contribution is -2.27. The van der Waals surface area contributed by atoms with Crippen LogP contribution in [0.3, 0.4) is 0 Å². The quantitative estimate of drug-likeness (QED) is 0.942. The van der Waals surface area contributed by atoms with E-state index in [0.29, 0.717) is 28.0 Å². The molecule has 1 heterocycles. The van der Waals surface area contributed by atoms with Crippen LogP contribution < -0.4 is 0 Å². The summed E-state index contributed by atoms with van der Waals surface area (Å²) in [6.07, 6.45) is 3.35. The summed E-state index contributed by atoms with van der Waals surface area (Å²) in [6, 6.07) is 4.82. The molecule has 0 bridgehead atoms. The molecular formula is C12H11Cl2N3O. The Bertz CT molecular complexity index is 554. The summed E-state index contributed by atoms with van der Waals surface area (Å²) in [7, 11) is 1.68. The van der Waals surface area contributed by atoms with Crippen LogP contribution in [0.4, 0.5) is 0 Å². The molecule has 2 aromatic rings. The van der Waals surface area contributed by atoms with Crippen molar-refractivity contribution in [1.29, 1.82) is 0 Å². The summed E-state index contributed by atoms with van der Waals surface area (Å²) in [5.74, 6) is 0.517. The molecule has 0 unspecified atom stereocenters. The number of imidazole rings is 1. The molecule has 0 atom stereocenters. The molecule has 0 aliphatic rings. The van der Waals surface area contributed by atoms with E-state index in [-0.39, 0.29) is 5.91 Å². The fourth-order valence-electron chi connectivity index (χ4n) is 1.55. The molecule has 18 heavy (non-hydrogen) atoms. The number of carbonyl (C=O) groups is 1. The number of carbonyl (C=O) groups excluding carboxylic acids is 1. The van der Waals surface area contributed by atoms with Gasteiger partial charge in [0.25, 0.3) is 5.91 Å². The fourth-order valence-corrected chi connectivity index (χ4v) is 1.92. The standard InChI is InChI=1S/C12H11Cl2N3O/c1-17(7-11-15-4-5-16-11)12(18)9-6-8(13)2-3-10(9)14/h2-6H,7H2,1H3,(H,15,16). The topological polar surface area (TPSA) is 49.0 Å². The highest BCUT2D eigenvalue weighted by atomic mass is 35.5. The Morgan fingerprint density at radius 1 is 1.44 bits per heavy atom. The number of nitrogens with zero attached hydrogens (tertiary/aromatic N) is 2. The maximum Gasteiger partial charge on any atom is 0.255 e. The molecule has 1 aromatic carbocycles. The second kappa shape index (κ2) is 5.42. The maximum atomic E-state index is 12.2. The summed E-state index contributed by atoms with van der Waals surface area (Å²) in [5, 5.41) is 0.866. The molecule has 1 N–H and O–H groups in total. The number of nitrogens with one attached hydrogen (secondary N) is 1. The summed E-state index contributed by atoms with van der Waals surface area (Å²) in [5.41, 5.74) is 0.387. The minimum Gasteiger partial charge on any atom is -0.347 e. The normalized spacial score (nSPS) is 10.4. The molecule has 0 saturated carbocycles. The first-order valence-corrected chi connectivity index (χ1v) is 6.02. The van der Waals surface area contributed by atoms with E-state index in [1.54, 1.807) is 37.6 Å². The molecule has 4 nitrogen and oxygen atoms in total. The number of hydrogen-bond donors (Lipinski definition) is 1. The number of amides is 1. The Morgan fingerprint density at radius 2 is 2.22 bits per heavy atom. The second-order valence-corrected chi connectivity index (χ2v) is 4.66. The highest BCUT2D eigenvalue weighted by Gasteiger charge is 2.16. The average Bonchev–Trinajstić information content (AvgIpc) is 2.84. The summed E-state index contributed by atoms with van der Waals surface area (Å²) < 4.78 is 0. The second-order valence-electron chi connectivity index (χ2n) is 3.82. The van der Waals surface area contributed by atoms with Gasteiger partial charge in [0, 0.05) is 24.5 Å². The van der Waals surface area contributed by atoms with E-state index in [2.05, 4.69) is 9.97 Å². The van der Waals surface area contributed by atoms with Gasteiger partial charge in [0.15, 0.2) is 0 Å². The smallest absolute Gasteiger partial charge is 0.255 e. The minimum atomic E-state index is -0.195. The fraction of sp³-hybridized carbons (Fsp3) is 0.167. The summed E-state index contributed by atoms with van der Waals surface area (Å²) in [4.78, 5) is 20.7. The molecule has 0 aliphatic heterocycles. The van der Waals surface area contributed by atoms with Crippen molar-refractivity contribution < 1.29 is 4.79 Å². The van der Waals surface area contributed by atoms with Gasteiger partial charge in [-0.2, -0.15) is 0 Å². The zero-order valence-corrected chi connectivity index (χ0v) is 11.2. The predicted octanol–water partition coefficient (Wildman–Crippen LogP) is 2.99. The first kappa shape index (κ1) is 12.9. The summed E-state index contributed by atoms with van der Waals surface area (Å²) in [6.45, 7) is 0.384. The largest absolute Gasteiger partial charge is 0.347 e. The number of aromatic nitrogens is 2. The van der Waals surface area contributed by atoms with Crippen molar-refractivity contribution in [2.24, 2.45) is 0 Å². The van der Waals surface area contributed by atoms with Gasteiger partial charge in [-0.3, -0.25) is 4.79 Å². The van der Waals surface area contributed by atoms with Gasteiger partial charge in [-0.25, -0.2) is 4.98 Å². The van der Waals surface area contributed by atoms with E-state index in [9.17, 15) is 4.79 Å². The zero-order chi connectivity index (χ0) is 13.1. The van der Waals surface area contributed by atoms with E-state index in [1.165, 1.54) is 4.90 Å². The van der Waals surface area contributed by atoms with Gasteiger partial charge in [0.2, 0.25) is 0 Å². The molecular weight excluding hydrogens is 273 g/mol. The number of halogens is 2. The Morgan fingerprint density at radius 3 is 2.89 bits per heavy atom. The third-order valence-corrected chi connectivity index (χ3v) is 3.01. The van der Waals surface area contributed by atoms with Gasteiger partial charge >= 0.3 is 0 Å². The molecule has 0 aliphatic carbocycles. The van der Waals surface area contributed by atoms with E-state index < -0.39 is 0 Å². The van der Waals surface area contributed by atoms with Crippen LogP contribution in [0.25, 0.3) is 0 Å². The lowest BCUT2D eigenvalue weighted by Gasteiger charge is -2.16. The van der Waals surface area contributed by atoms with E-state index in [4.69, 9.17) is 23.2 Å². The number of aromatic amines is 1. The predicted molar refractivity (Wildman–Crippen MR) is 70.8 cm³/mol. The molecule has 94 valence electrons. The SMILES string of the molecule is CN(Cc1ncc[nH]1)C(=O)c1cc(Cl)ccc1Cl. The molecule has 6 heteroatoms. The van der Waals surface area contributed by atoms with Crippen LogP contribution in [-0.4, -0.2) is 27.8 Å². The van der Waals surface area contributed by atoms with Crippen LogP contribution in [0, 0.1) is 0 Å². The molecule has 0 spiro atoms. The monoisotopic (exact) mass is 283 g/mol. The Hall–Kier alpha value is -1.52. The highest BCUT2D eigenvalue weighted by Crippen LogP contribution is 2.22. The van der Waals surface area contributed by atoms with Gasteiger partial charge in [-0.15, -0.1) is 0 Å². The average molecular weight is 284 g/mol. The molecule has 0 radical (unpaired) electrons. The number of benzene rings is 1.